The number of thiophene rings is 1. The Bertz CT molecular complexity index is 442. The number of alkyl halides is 3. The van der Waals surface area contributed by atoms with Crippen molar-refractivity contribution in [1.82, 2.24) is 4.90 Å². The van der Waals surface area contributed by atoms with E-state index in [-0.39, 0.29) is 18.4 Å². The average molecular weight is 342 g/mol. The molecule has 0 aromatic carbocycles. The van der Waals surface area contributed by atoms with Crippen LogP contribution in [0.4, 0.5) is 13.2 Å². The Morgan fingerprint density at radius 2 is 2.17 bits per heavy atom. The molecule has 100 valence electrons. The number of hydrogen-bond donors (Lipinski definition) is 0. The average Bonchev–Trinajstić information content (AvgIpc) is 2.98. The van der Waals surface area contributed by atoms with Gasteiger partial charge >= 0.3 is 6.18 Å². The lowest BCUT2D eigenvalue weighted by Gasteiger charge is -2.22. The largest absolute Gasteiger partial charge is 0.401 e. The Kier molecular flexibility index (Phi) is 4.13. The summed E-state index contributed by atoms with van der Waals surface area (Å²) >= 11 is 4.47. The van der Waals surface area contributed by atoms with Gasteiger partial charge in [0.2, 0.25) is 0 Å². The van der Waals surface area contributed by atoms with Crippen LogP contribution < -0.4 is 0 Å². The van der Waals surface area contributed by atoms with Crippen molar-refractivity contribution in [2.75, 3.05) is 13.1 Å². The second-order valence-electron chi connectivity index (χ2n) is 4.27. The Morgan fingerprint density at radius 1 is 1.50 bits per heavy atom. The van der Waals surface area contributed by atoms with Crippen molar-refractivity contribution in [3.05, 3.63) is 20.8 Å². The predicted octanol–water partition coefficient (Wildman–Crippen LogP) is 3.72. The molecule has 7 heteroatoms. The highest BCUT2D eigenvalue weighted by Crippen LogP contribution is 2.31. The normalized spacial score (nSPS) is 16.3. The number of carbonyl (C=O) groups excluding carboxylic acids is 1. The highest BCUT2D eigenvalue weighted by Gasteiger charge is 2.39. The lowest BCUT2D eigenvalue weighted by Crippen LogP contribution is -2.39. The van der Waals surface area contributed by atoms with Crippen LogP contribution in [-0.2, 0) is 0 Å². The van der Waals surface area contributed by atoms with E-state index < -0.39 is 12.7 Å². The predicted molar refractivity (Wildman–Crippen MR) is 67.0 cm³/mol. The maximum atomic E-state index is 12.4. The number of Topliss-reactive ketones (excluding diaryl/α,β-unsaturated/α-hetero) is 1. The summed E-state index contributed by atoms with van der Waals surface area (Å²) in [4.78, 5) is 13.6. The third-order valence-electron chi connectivity index (χ3n) is 2.66. The summed E-state index contributed by atoms with van der Waals surface area (Å²) in [5.74, 6) is -0.256. The molecule has 1 aliphatic carbocycles. The fourth-order valence-electron chi connectivity index (χ4n) is 1.73. The molecule has 1 aliphatic rings. The van der Waals surface area contributed by atoms with Gasteiger partial charge in [-0.2, -0.15) is 13.2 Å². The van der Waals surface area contributed by atoms with Crippen LogP contribution in [0.2, 0.25) is 0 Å². The maximum absolute atomic E-state index is 12.4. The molecule has 1 aromatic rings. The number of nitrogens with zero attached hydrogens (tertiary/aromatic N) is 1. The Balaban J connectivity index is 2.01. The van der Waals surface area contributed by atoms with E-state index in [1.807, 2.05) is 0 Å². The van der Waals surface area contributed by atoms with Crippen molar-refractivity contribution < 1.29 is 18.0 Å². The summed E-state index contributed by atoms with van der Waals surface area (Å²) in [5, 5.41) is 1.74. The van der Waals surface area contributed by atoms with Crippen molar-refractivity contribution in [1.29, 1.82) is 0 Å². The monoisotopic (exact) mass is 341 g/mol. The maximum Gasteiger partial charge on any atom is 0.401 e. The summed E-state index contributed by atoms with van der Waals surface area (Å²) in [5.41, 5.74) is 0. The van der Waals surface area contributed by atoms with Crippen LogP contribution in [0.15, 0.2) is 15.9 Å². The molecule has 0 unspecified atom stereocenters. The molecule has 1 fully saturated rings. The summed E-state index contributed by atoms with van der Waals surface area (Å²) in [6.07, 6.45) is -2.76. The Labute approximate surface area is 115 Å². The second kappa shape index (κ2) is 5.30. The van der Waals surface area contributed by atoms with Gasteiger partial charge in [0.25, 0.3) is 0 Å². The van der Waals surface area contributed by atoms with E-state index in [0.29, 0.717) is 9.35 Å². The number of halogens is 4. The number of rotatable bonds is 5. The standard InChI is InChI=1S/C11H11BrF3NOS/c12-8-3-4-18-10(8)9(17)5-16(7-1-2-7)6-11(13,14)15/h3-4,7H,1-2,5-6H2. The zero-order valence-corrected chi connectivity index (χ0v) is 11.7. The lowest BCUT2D eigenvalue weighted by atomic mass is 10.3. The van der Waals surface area contributed by atoms with E-state index in [9.17, 15) is 18.0 Å². The first-order valence-corrected chi connectivity index (χ1v) is 7.11. The van der Waals surface area contributed by atoms with Crippen molar-refractivity contribution in [2.24, 2.45) is 0 Å². The van der Waals surface area contributed by atoms with Crippen LogP contribution in [0.1, 0.15) is 22.5 Å². The van der Waals surface area contributed by atoms with Gasteiger partial charge < -0.3 is 0 Å². The van der Waals surface area contributed by atoms with Crippen LogP contribution in [-0.4, -0.2) is 36.0 Å². The minimum Gasteiger partial charge on any atom is -0.292 e. The SMILES string of the molecule is O=C(CN(CC(F)(F)F)C1CC1)c1sccc1Br. The molecule has 1 saturated carbocycles. The van der Waals surface area contributed by atoms with Gasteiger partial charge in [-0.15, -0.1) is 11.3 Å². The van der Waals surface area contributed by atoms with Crippen LogP contribution in [0, 0.1) is 0 Å². The Morgan fingerprint density at radius 3 is 2.61 bits per heavy atom. The molecule has 0 amide bonds. The van der Waals surface area contributed by atoms with Crippen molar-refractivity contribution in [3.8, 4) is 0 Å². The van der Waals surface area contributed by atoms with Crippen LogP contribution in [0.3, 0.4) is 0 Å². The van der Waals surface area contributed by atoms with Gasteiger partial charge in [-0.25, -0.2) is 0 Å². The fourth-order valence-corrected chi connectivity index (χ4v) is 3.26. The number of carbonyl (C=O) groups is 1. The van der Waals surface area contributed by atoms with E-state index in [1.165, 1.54) is 16.2 Å². The number of hydrogen-bond acceptors (Lipinski definition) is 3. The van der Waals surface area contributed by atoms with Crippen molar-refractivity contribution in [3.63, 3.8) is 0 Å². The molecule has 0 atom stereocenters. The molecule has 0 bridgehead atoms. The third kappa shape index (κ3) is 3.80. The first-order chi connectivity index (χ1) is 8.37. The van der Waals surface area contributed by atoms with Gasteiger partial charge in [0.1, 0.15) is 0 Å². The van der Waals surface area contributed by atoms with E-state index in [4.69, 9.17) is 0 Å². The lowest BCUT2D eigenvalue weighted by molar-refractivity contribution is -0.145. The van der Waals surface area contributed by atoms with E-state index in [2.05, 4.69) is 15.9 Å². The third-order valence-corrected chi connectivity index (χ3v) is 4.54. The quantitative estimate of drug-likeness (QED) is 0.760. The van der Waals surface area contributed by atoms with Gasteiger partial charge in [-0.3, -0.25) is 9.69 Å². The topological polar surface area (TPSA) is 20.3 Å². The molecule has 0 N–H and O–H groups in total. The zero-order chi connectivity index (χ0) is 13.3. The van der Waals surface area contributed by atoms with Gasteiger partial charge in [0.15, 0.2) is 5.78 Å². The van der Waals surface area contributed by atoms with Crippen LogP contribution >= 0.6 is 27.3 Å². The molecule has 0 aliphatic heterocycles. The molecule has 2 nitrogen and oxygen atoms in total. The minimum atomic E-state index is -4.25. The minimum absolute atomic E-state index is 0.0886. The van der Waals surface area contributed by atoms with Gasteiger partial charge in [-0.1, -0.05) is 0 Å². The van der Waals surface area contributed by atoms with Crippen LogP contribution in [0.5, 0.6) is 0 Å². The summed E-state index contributed by atoms with van der Waals surface area (Å²) in [7, 11) is 0. The van der Waals surface area contributed by atoms with E-state index >= 15 is 0 Å². The number of ketones is 1. The van der Waals surface area contributed by atoms with Gasteiger partial charge in [0.05, 0.1) is 18.0 Å². The van der Waals surface area contributed by atoms with Gasteiger partial charge in [-0.05, 0) is 40.2 Å². The molecule has 0 saturated heterocycles. The molecule has 1 heterocycles. The summed E-state index contributed by atoms with van der Waals surface area (Å²) in [6.45, 7) is -1.17. The molecular formula is C11H11BrF3NOS. The molecule has 2 rings (SSSR count). The second-order valence-corrected chi connectivity index (χ2v) is 6.04. The highest BCUT2D eigenvalue weighted by molar-refractivity contribution is 9.10. The molecular weight excluding hydrogens is 331 g/mol. The highest BCUT2D eigenvalue weighted by atomic mass is 79.9. The van der Waals surface area contributed by atoms with Crippen molar-refractivity contribution >= 4 is 33.0 Å². The molecule has 0 spiro atoms. The van der Waals surface area contributed by atoms with Crippen LogP contribution in [0.25, 0.3) is 0 Å². The summed E-state index contributed by atoms with van der Waals surface area (Å²) < 4.78 is 37.9. The van der Waals surface area contributed by atoms with E-state index in [0.717, 1.165) is 12.8 Å². The molecule has 18 heavy (non-hydrogen) atoms. The molecule has 1 aromatic heterocycles. The summed E-state index contributed by atoms with van der Waals surface area (Å²) in [6, 6.07) is 1.64. The fraction of sp³-hybridized carbons (Fsp3) is 0.545. The Hall–Kier alpha value is -0.400. The van der Waals surface area contributed by atoms with Gasteiger partial charge in [0, 0.05) is 10.5 Å². The first-order valence-electron chi connectivity index (χ1n) is 5.44. The van der Waals surface area contributed by atoms with Crippen molar-refractivity contribution in [2.45, 2.75) is 25.1 Å². The first kappa shape index (κ1) is 14.0. The molecule has 0 radical (unpaired) electrons. The smallest absolute Gasteiger partial charge is 0.292 e. The zero-order valence-electron chi connectivity index (χ0n) is 9.34. The van der Waals surface area contributed by atoms with E-state index in [1.54, 1.807) is 11.4 Å².